The molecule has 1 unspecified atom stereocenters. The van der Waals surface area contributed by atoms with Crippen molar-refractivity contribution >= 4 is 29.5 Å². The number of carbonyl (C=O) groups excluding carboxylic acids is 1. The molecule has 2 N–H and O–H groups in total. The smallest absolute Gasteiger partial charge is 0.413 e. The number of anilines is 3. The molecular formula is C37H46N6O5. The molecule has 1 aromatic heterocycles. The van der Waals surface area contributed by atoms with Gasteiger partial charge < -0.3 is 29.7 Å². The largest absolute Gasteiger partial charge is 0.497 e. The summed E-state index contributed by atoms with van der Waals surface area (Å²) in [5.41, 5.74) is 5.41. The number of amides is 2. The van der Waals surface area contributed by atoms with Crippen molar-refractivity contribution in [2.75, 3.05) is 57.7 Å². The van der Waals surface area contributed by atoms with Gasteiger partial charge in [0.2, 0.25) is 5.95 Å². The van der Waals surface area contributed by atoms with E-state index >= 15 is 0 Å². The maximum Gasteiger partial charge on any atom is 0.413 e. The van der Waals surface area contributed by atoms with Crippen molar-refractivity contribution in [2.45, 2.75) is 40.7 Å². The standard InChI is InChI=1S/C37H46N6O5/c1-9-42(10-2)19-18-41(6)35(44)27-12-11-13-28(22-27)39-36-38-17-16-32(40-36)43(37(45)46)34(33-25(4)20-24(3)21-26(33)5)30-23-29(47-7)14-15-31(30)48-8/h11-17,20-23,34H,9-10,18-19H2,1-8H3,(H,45,46)(H,38,39,40). The lowest BCUT2D eigenvalue weighted by molar-refractivity contribution is 0.0779. The second-order valence-corrected chi connectivity index (χ2v) is 11.7. The predicted octanol–water partition coefficient (Wildman–Crippen LogP) is 6.85. The number of carboxylic acid groups (broad SMARTS) is 1. The molecular weight excluding hydrogens is 608 g/mol. The Bertz CT molecular complexity index is 1720. The molecule has 1 atom stereocenters. The van der Waals surface area contributed by atoms with Gasteiger partial charge in [-0.15, -0.1) is 0 Å². The Morgan fingerprint density at radius 1 is 0.917 bits per heavy atom. The normalized spacial score (nSPS) is 11.6. The lowest BCUT2D eigenvalue weighted by atomic mass is 9.88. The van der Waals surface area contributed by atoms with Crippen LogP contribution in [0.15, 0.2) is 66.9 Å². The van der Waals surface area contributed by atoms with Crippen molar-refractivity contribution in [3.8, 4) is 11.5 Å². The van der Waals surface area contributed by atoms with Crippen LogP contribution in [0.2, 0.25) is 0 Å². The van der Waals surface area contributed by atoms with Crippen LogP contribution in [-0.4, -0.2) is 84.3 Å². The van der Waals surface area contributed by atoms with E-state index in [0.717, 1.165) is 41.9 Å². The number of rotatable bonds is 14. The number of benzene rings is 3. The van der Waals surface area contributed by atoms with E-state index in [4.69, 9.17) is 9.47 Å². The van der Waals surface area contributed by atoms with E-state index in [1.54, 1.807) is 74.7 Å². The summed E-state index contributed by atoms with van der Waals surface area (Å²) in [7, 11) is 4.91. The maximum absolute atomic E-state index is 13.2. The number of nitrogens with zero attached hydrogens (tertiary/aromatic N) is 5. The molecule has 254 valence electrons. The minimum absolute atomic E-state index is 0.101. The molecule has 0 aliphatic carbocycles. The van der Waals surface area contributed by atoms with Crippen LogP contribution in [0.1, 0.15) is 58.1 Å². The van der Waals surface area contributed by atoms with E-state index in [1.807, 2.05) is 32.9 Å². The zero-order valence-electron chi connectivity index (χ0n) is 29.1. The van der Waals surface area contributed by atoms with Crippen LogP contribution in [0.4, 0.5) is 22.2 Å². The van der Waals surface area contributed by atoms with Gasteiger partial charge in [0.1, 0.15) is 17.3 Å². The van der Waals surface area contributed by atoms with Gasteiger partial charge >= 0.3 is 6.09 Å². The first-order chi connectivity index (χ1) is 23.0. The summed E-state index contributed by atoms with van der Waals surface area (Å²) in [5.74, 6) is 1.28. The number of likely N-dealkylation sites (N-methyl/N-ethyl adjacent to an activating group) is 2. The van der Waals surface area contributed by atoms with E-state index in [1.165, 1.54) is 11.1 Å². The Morgan fingerprint density at radius 3 is 2.25 bits per heavy atom. The molecule has 0 radical (unpaired) electrons. The monoisotopic (exact) mass is 654 g/mol. The third-order valence-corrected chi connectivity index (χ3v) is 8.45. The molecule has 0 aliphatic rings. The van der Waals surface area contributed by atoms with Gasteiger partial charge in [0.05, 0.1) is 20.3 Å². The number of methoxy groups -OCH3 is 2. The topological polar surface area (TPSA) is 120 Å². The number of hydrogen-bond donors (Lipinski definition) is 2. The predicted molar refractivity (Wildman–Crippen MR) is 189 cm³/mol. The minimum atomic E-state index is -1.21. The van der Waals surface area contributed by atoms with Crippen molar-refractivity contribution in [1.82, 2.24) is 19.8 Å². The van der Waals surface area contributed by atoms with Gasteiger partial charge in [0.15, 0.2) is 0 Å². The second kappa shape index (κ2) is 16.1. The average Bonchev–Trinajstić information content (AvgIpc) is 3.07. The Morgan fingerprint density at radius 2 is 1.62 bits per heavy atom. The van der Waals surface area contributed by atoms with Gasteiger partial charge in [-0.2, -0.15) is 4.98 Å². The van der Waals surface area contributed by atoms with Crippen LogP contribution in [0, 0.1) is 20.8 Å². The van der Waals surface area contributed by atoms with Gasteiger partial charge in [-0.25, -0.2) is 14.7 Å². The van der Waals surface area contributed by atoms with Crippen LogP contribution in [0.25, 0.3) is 0 Å². The summed E-state index contributed by atoms with van der Waals surface area (Å²) >= 11 is 0. The van der Waals surface area contributed by atoms with Crippen molar-refractivity contribution in [3.63, 3.8) is 0 Å². The van der Waals surface area contributed by atoms with E-state index in [0.29, 0.717) is 34.9 Å². The molecule has 11 nitrogen and oxygen atoms in total. The number of hydrogen-bond acceptors (Lipinski definition) is 8. The van der Waals surface area contributed by atoms with Crippen LogP contribution < -0.4 is 19.7 Å². The van der Waals surface area contributed by atoms with Crippen molar-refractivity contribution in [2.24, 2.45) is 0 Å². The van der Waals surface area contributed by atoms with E-state index in [9.17, 15) is 14.7 Å². The van der Waals surface area contributed by atoms with Gasteiger partial charge in [-0.1, -0.05) is 37.6 Å². The molecule has 0 saturated carbocycles. The second-order valence-electron chi connectivity index (χ2n) is 11.7. The Hall–Kier alpha value is -5.16. The highest BCUT2D eigenvalue weighted by atomic mass is 16.5. The number of nitrogens with one attached hydrogen (secondary N) is 1. The molecule has 0 spiro atoms. The molecule has 0 aliphatic heterocycles. The molecule has 48 heavy (non-hydrogen) atoms. The average molecular weight is 655 g/mol. The molecule has 4 aromatic rings. The lowest BCUT2D eigenvalue weighted by Crippen LogP contribution is -2.36. The van der Waals surface area contributed by atoms with Crippen molar-refractivity contribution < 1.29 is 24.2 Å². The summed E-state index contributed by atoms with van der Waals surface area (Å²) in [6.45, 7) is 13.4. The van der Waals surface area contributed by atoms with E-state index in [2.05, 4.69) is 34.0 Å². The molecule has 0 saturated heterocycles. The number of aryl methyl sites for hydroxylation is 3. The van der Waals surface area contributed by atoms with Crippen molar-refractivity contribution in [3.05, 3.63) is 100 Å². The summed E-state index contributed by atoms with van der Waals surface area (Å²) in [5, 5.41) is 14.0. The highest BCUT2D eigenvalue weighted by molar-refractivity contribution is 5.95. The molecule has 4 rings (SSSR count). The third kappa shape index (κ3) is 8.21. The van der Waals surface area contributed by atoms with Crippen molar-refractivity contribution in [1.29, 1.82) is 0 Å². The Balaban J connectivity index is 1.73. The molecule has 1 heterocycles. The molecule has 11 heteroatoms. The molecule has 0 bridgehead atoms. The fourth-order valence-electron chi connectivity index (χ4n) is 6.00. The summed E-state index contributed by atoms with van der Waals surface area (Å²) in [6.07, 6.45) is 0.292. The lowest BCUT2D eigenvalue weighted by Gasteiger charge is -2.33. The first-order valence-corrected chi connectivity index (χ1v) is 16.0. The molecule has 0 fully saturated rings. The summed E-state index contributed by atoms with van der Waals surface area (Å²) in [6, 6.07) is 17.2. The number of carbonyl (C=O) groups is 2. The maximum atomic E-state index is 13.2. The van der Waals surface area contributed by atoms with Crippen LogP contribution >= 0.6 is 0 Å². The van der Waals surface area contributed by atoms with Gasteiger partial charge in [-0.05, 0) is 93.0 Å². The zero-order chi connectivity index (χ0) is 35.0. The Labute approximate surface area is 283 Å². The summed E-state index contributed by atoms with van der Waals surface area (Å²) in [4.78, 5) is 40.7. The van der Waals surface area contributed by atoms with E-state index < -0.39 is 12.1 Å². The van der Waals surface area contributed by atoms with E-state index in [-0.39, 0.29) is 17.7 Å². The fourth-order valence-corrected chi connectivity index (χ4v) is 6.00. The highest BCUT2D eigenvalue weighted by Crippen LogP contribution is 2.41. The first kappa shape index (κ1) is 35.7. The highest BCUT2D eigenvalue weighted by Gasteiger charge is 2.34. The Kier molecular flexibility index (Phi) is 12.0. The number of ether oxygens (including phenoxy) is 2. The van der Waals surface area contributed by atoms with Crippen LogP contribution in [0.3, 0.4) is 0 Å². The minimum Gasteiger partial charge on any atom is -0.497 e. The third-order valence-electron chi connectivity index (χ3n) is 8.45. The first-order valence-electron chi connectivity index (χ1n) is 16.0. The summed E-state index contributed by atoms with van der Waals surface area (Å²) < 4.78 is 11.3. The molecule has 2 amide bonds. The van der Waals surface area contributed by atoms with Crippen LogP contribution in [0.5, 0.6) is 11.5 Å². The zero-order valence-corrected chi connectivity index (χ0v) is 29.1. The fraction of sp³-hybridized carbons (Fsp3) is 0.351. The number of aromatic nitrogens is 2. The quantitative estimate of drug-likeness (QED) is 0.150. The van der Waals surface area contributed by atoms with Gasteiger partial charge in [0, 0.05) is 43.1 Å². The van der Waals surface area contributed by atoms with Gasteiger partial charge in [0.25, 0.3) is 5.91 Å². The SMILES string of the molecule is CCN(CC)CCN(C)C(=O)c1cccc(Nc2nccc(N(C(=O)O)C(c3cc(OC)ccc3OC)c3c(C)cc(C)cc3C)n2)c1. The van der Waals surface area contributed by atoms with Gasteiger partial charge in [-0.3, -0.25) is 4.79 Å². The van der Waals surface area contributed by atoms with Crippen LogP contribution in [-0.2, 0) is 0 Å². The molecule has 3 aromatic carbocycles.